The predicted octanol–water partition coefficient (Wildman–Crippen LogP) is 1.94. The third-order valence-electron chi connectivity index (χ3n) is 4.43. The Bertz CT molecular complexity index is 661. The van der Waals surface area contributed by atoms with Gasteiger partial charge in [-0.2, -0.15) is 0 Å². The second-order valence-electron chi connectivity index (χ2n) is 7.76. The van der Waals surface area contributed by atoms with Gasteiger partial charge in [0, 0.05) is 29.3 Å². The fourth-order valence-corrected chi connectivity index (χ4v) is 2.96. The van der Waals surface area contributed by atoms with Crippen LogP contribution in [0.2, 0.25) is 0 Å². The number of likely N-dealkylation sites (tertiary alicyclic amines) is 1. The highest BCUT2D eigenvalue weighted by Gasteiger charge is 2.32. The maximum absolute atomic E-state index is 12.8. The average Bonchev–Trinajstić information content (AvgIpc) is 2.53. The van der Waals surface area contributed by atoms with Gasteiger partial charge in [-0.3, -0.25) is 14.4 Å². The Labute approximate surface area is 148 Å². The van der Waals surface area contributed by atoms with E-state index in [0.717, 1.165) is 6.42 Å². The summed E-state index contributed by atoms with van der Waals surface area (Å²) in [6.45, 7) is 8.06. The van der Waals surface area contributed by atoms with Gasteiger partial charge in [0.25, 0.3) is 11.8 Å². The molecular formula is C19H27N3O3. The monoisotopic (exact) mass is 345 g/mol. The number of primary amides is 1. The molecule has 136 valence electrons. The summed E-state index contributed by atoms with van der Waals surface area (Å²) in [6, 6.07) is 6.66. The van der Waals surface area contributed by atoms with Crippen LogP contribution in [0.1, 0.15) is 61.3 Å². The lowest BCUT2D eigenvalue weighted by molar-refractivity contribution is -0.123. The molecule has 3 N–H and O–H groups in total. The van der Waals surface area contributed by atoms with E-state index in [9.17, 15) is 14.4 Å². The van der Waals surface area contributed by atoms with Gasteiger partial charge in [0.2, 0.25) is 5.91 Å². The fourth-order valence-electron chi connectivity index (χ4n) is 2.96. The number of hydrogen-bond acceptors (Lipinski definition) is 3. The first-order chi connectivity index (χ1) is 11.6. The summed E-state index contributed by atoms with van der Waals surface area (Å²) >= 11 is 0. The van der Waals surface area contributed by atoms with E-state index in [4.69, 9.17) is 5.73 Å². The molecule has 6 nitrogen and oxygen atoms in total. The summed E-state index contributed by atoms with van der Waals surface area (Å²) in [6.07, 6.45) is 1.47. The van der Waals surface area contributed by atoms with Crippen molar-refractivity contribution in [3.8, 4) is 0 Å². The van der Waals surface area contributed by atoms with Gasteiger partial charge in [-0.25, -0.2) is 0 Å². The highest BCUT2D eigenvalue weighted by molar-refractivity contribution is 5.98. The van der Waals surface area contributed by atoms with Crippen LogP contribution in [0.25, 0.3) is 0 Å². The fraction of sp³-hybridized carbons (Fsp3) is 0.526. The molecule has 0 spiro atoms. The molecule has 1 fully saturated rings. The third-order valence-corrected chi connectivity index (χ3v) is 4.43. The summed E-state index contributed by atoms with van der Waals surface area (Å²) in [5.41, 5.74) is 6.09. The van der Waals surface area contributed by atoms with Crippen molar-refractivity contribution in [3.63, 3.8) is 0 Å². The zero-order valence-electron chi connectivity index (χ0n) is 15.3. The molecule has 1 aliphatic heterocycles. The minimum absolute atomic E-state index is 0.0620. The van der Waals surface area contributed by atoms with E-state index in [1.807, 2.05) is 27.7 Å². The van der Waals surface area contributed by atoms with Gasteiger partial charge in [-0.05, 0) is 64.8 Å². The molecule has 0 radical (unpaired) electrons. The zero-order valence-corrected chi connectivity index (χ0v) is 15.3. The maximum Gasteiger partial charge on any atom is 0.254 e. The average molecular weight is 345 g/mol. The standard InChI is InChI=1S/C19H27N3O3/c1-12-5-6-15(16(20)23)11-22(12)18(25)14-9-7-13(8-10-14)17(24)21-19(2,3)4/h7-10,12,15H,5-6,11H2,1-4H3,(H2,20,23)(H,21,24)/t12-,15-/m0/s1. The molecule has 1 aromatic rings. The molecule has 2 rings (SSSR count). The maximum atomic E-state index is 12.8. The van der Waals surface area contributed by atoms with Crippen LogP contribution in [-0.4, -0.2) is 40.7 Å². The summed E-state index contributed by atoms with van der Waals surface area (Å²) in [7, 11) is 0. The number of benzene rings is 1. The Morgan fingerprint density at radius 2 is 1.64 bits per heavy atom. The Morgan fingerprint density at radius 1 is 1.08 bits per heavy atom. The first-order valence-corrected chi connectivity index (χ1v) is 8.61. The number of carbonyl (C=O) groups is 3. The van der Waals surface area contributed by atoms with Crippen molar-refractivity contribution < 1.29 is 14.4 Å². The van der Waals surface area contributed by atoms with E-state index in [1.54, 1.807) is 29.2 Å². The summed E-state index contributed by atoms with van der Waals surface area (Å²) in [5.74, 6) is -0.969. The van der Waals surface area contributed by atoms with E-state index in [0.29, 0.717) is 24.1 Å². The van der Waals surface area contributed by atoms with E-state index < -0.39 is 0 Å². The second kappa shape index (κ2) is 7.25. The predicted molar refractivity (Wildman–Crippen MR) is 96.1 cm³/mol. The molecule has 1 saturated heterocycles. The van der Waals surface area contributed by atoms with Crippen LogP contribution < -0.4 is 11.1 Å². The summed E-state index contributed by atoms with van der Waals surface area (Å²) in [5, 5.41) is 2.89. The van der Waals surface area contributed by atoms with Gasteiger partial charge in [0.1, 0.15) is 0 Å². The van der Waals surface area contributed by atoms with Crippen molar-refractivity contribution in [1.82, 2.24) is 10.2 Å². The molecule has 0 unspecified atom stereocenters. The number of nitrogens with one attached hydrogen (secondary N) is 1. The molecule has 1 aromatic carbocycles. The number of rotatable bonds is 3. The van der Waals surface area contributed by atoms with Gasteiger partial charge < -0.3 is 16.0 Å². The van der Waals surface area contributed by atoms with E-state index in [2.05, 4.69) is 5.32 Å². The van der Waals surface area contributed by atoms with Crippen LogP contribution >= 0.6 is 0 Å². The molecule has 1 aliphatic rings. The summed E-state index contributed by atoms with van der Waals surface area (Å²) < 4.78 is 0. The van der Waals surface area contributed by atoms with Crippen LogP contribution in [0.5, 0.6) is 0 Å². The normalized spacial score (nSPS) is 20.9. The second-order valence-corrected chi connectivity index (χ2v) is 7.76. The highest BCUT2D eigenvalue weighted by atomic mass is 16.2. The topological polar surface area (TPSA) is 92.5 Å². The number of nitrogens with two attached hydrogens (primary N) is 1. The molecule has 2 atom stereocenters. The molecule has 3 amide bonds. The molecule has 1 heterocycles. The minimum atomic E-state index is -0.362. The number of carbonyl (C=O) groups excluding carboxylic acids is 3. The number of amides is 3. The van der Waals surface area contributed by atoms with E-state index in [-0.39, 0.29) is 35.2 Å². The molecule has 0 bridgehead atoms. The number of piperidine rings is 1. The van der Waals surface area contributed by atoms with Crippen molar-refractivity contribution in [2.75, 3.05) is 6.54 Å². The smallest absolute Gasteiger partial charge is 0.254 e. The lowest BCUT2D eigenvalue weighted by Gasteiger charge is -2.37. The SMILES string of the molecule is C[C@H]1CC[C@H](C(N)=O)CN1C(=O)c1ccc(C(=O)NC(C)(C)C)cc1. The van der Waals surface area contributed by atoms with Crippen molar-refractivity contribution in [2.24, 2.45) is 11.7 Å². The van der Waals surface area contributed by atoms with Crippen LogP contribution in [0.4, 0.5) is 0 Å². The van der Waals surface area contributed by atoms with E-state index >= 15 is 0 Å². The Kier molecular flexibility index (Phi) is 5.50. The first kappa shape index (κ1) is 19.0. The van der Waals surface area contributed by atoms with Crippen LogP contribution in [-0.2, 0) is 4.79 Å². The molecule has 0 aliphatic carbocycles. The lowest BCUT2D eigenvalue weighted by Crippen LogP contribution is -2.48. The van der Waals surface area contributed by atoms with Crippen molar-refractivity contribution in [3.05, 3.63) is 35.4 Å². The van der Waals surface area contributed by atoms with Gasteiger partial charge in [-0.15, -0.1) is 0 Å². The largest absolute Gasteiger partial charge is 0.369 e. The quantitative estimate of drug-likeness (QED) is 0.877. The van der Waals surface area contributed by atoms with Crippen molar-refractivity contribution in [2.45, 2.75) is 52.1 Å². The van der Waals surface area contributed by atoms with Gasteiger partial charge in [0.15, 0.2) is 0 Å². The van der Waals surface area contributed by atoms with Gasteiger partial charge >= 0.3 is 0 Å². The molecule has 0 aromatic heterocycles. The zero-order chi connectivity index (χ0) is 18.8. The van der Waals surface area contributed by atoms with Crippen LogP contribution in [0.3, 0.4) is 0 Å². The molecule has 0 saturated carbocycles. The highest BCUT2D eigenvalue weighted by Crippen LogP contribution is 2.23. The minimum Gasteiger partial charge on any atom is -0.369 e. The number of hydrogen-bond donors (Lipinski definition) is 2. The van der Waals surface area contributed by atoms with Crippen LogP contribution in [0.15, 0.2) is 24.3 Å². The Morgan fingerprint density at radius 3 is 2.16 bits per heavy atom. The van der Waals surface area contributed by atoms with Gasteiger partial charge in [-0.1, -0.05) is 0 Å². The van der Waals surface area contributed by atoms with E-state index in [1.165, 1.54) is 0 Å². The lowest BCUT2D eigenvalue weighted by atomic mass is 9.92. The third kappa shape index (κ3) is 4.81. The van der Waals surface area contributed by atoms with Crippen LogP contribution in [0, 0.1) is 5.92 Å². The Balaban J connectivity index is 2.11. The van der Waals surface area contributed by atoms with Gasteiger partial charge in [0.05, 0.1) is 5.92 Å². The molecule has 25 heavy (non-hydrogen) atoms. The molecule has 6 heteroatoms. The molecular weight excluding hydrogens is 318 g/mol. The Hall–Kier alpha value is -2.37. The van der Waals surface area contributed by atoms with Crippen molar-refractivity contribution in [1.29, 1.82) is 0 Å². The first-order valence-electron chi connectivity index (χ1n) is 8.61. The summed E-state index contributed by atoms with van der Waals surface area (Å²) in [4.78, 5) is 38.1. The number of nitrogens with zero attached hydrogens (tertiary/aromatic N) is 1. The van der Waals surface area contributed by atoms with Crippen molar-refractivity contribution >= 4 is 17.7 Å².